The Kier molecular flexibility index (Phi) is 5.29. The molecule has 2 rings (SSSR count). The molecule has 4 amide bonds. The number of imide groups is 1. The molecule has 122 valence electrons. The average Bonchev–Trinajstić information content (AvgIpc) is 2.52. The van der Waals surface area contributed by atoms with E-state index in [-0.39, 0.29) is 31.8 Å². The molecule has 1 aromatic carbocycles. The van der Waals surface area contributed by atoms with Crippen LogP contribution < -0.4 is 15.4 Å². The number of amides is 4. The van der Waals surface area contributed by atoms with Crippen molar-refractivity contribution in [2.24, 2.45) is 0 Å². The smallest absolute Gasteiger partial charge is 0.246 e. The van der Waals surface area contributed by atoms with Crippen LogP contribution in [0.4, 0.5) is 5.69 Å². The molecule has 0 spiro atoms. The van der Waals surface area contributed by atoms with Crippen LogP contribution in [0.25, 0.3) is 0 Å². The first-order valence-corrected chi connectivity index (χ1v) is 7.02. The highest BCUT2D eigenvalue weighted by molar-refractivity contribution is 6.03. The van der Waals surface area contributed by atoms with E-state index in [1.807, 2.05) is 0 Å². The molecule has 0 unspecified atom stereocenters. The van der Waals surface area contributed by atoms with Crippen molar-refractivity contribution >= 4 is 29.3 Å². The van der Waals surface area contributed by atoms with Crippen LogP contribution in [0.3, 0.4) is 0 Å². The van der Waals surface area contributed by atoms with Gasteiger partial charge in [-0.25, -0.2) is 0 Å². The number of methoxy groups -OCH3 is 1. The first kappa shape index (κ1) is 16.5. The van der Waals surface area contributed by atoms with Gasteiger partial charge in [-0.3, -0.25) is 24.5 Å². The van der Waals surface area contributed by atoms with Crippen LogP contribution in [0.1, 0.15) is 12.8 Å². The Labute approximate surface area is 132 Å². The van der Waals surface area contributed by atoms with Crippen molar-refractivity contribution in [3.05, 3.63) is 24.3 Å². The van der Waals surface area contributed by atoms with E-state index in [0.717, 1.165) is 4.90 Å². The van der Waals surface area contributed by atoms with Gasteiger partial charge in [0.1, 0.15) is 18.8 Å². The first-order valence-electron chi connectivity index (χ1n) is 7.02. The van der Waals surface area contributed by atoms with Gasteiger partial charge in [0.05, 0.1) is 7.11 Å². The lowest BCUT2D eigenvalue weighted by Gasteiger charge is -2.25. The fourth-order valence-electron chi connectivity index (χ4n) is 2.09. The highest BCUT2D eigenvalue weighted by Gasteiger charge is 2.26. The van der Waals surface area contributed by atoms with Gasteiger partial charge in [-0.15, -0.1) is 0 Å². The van der Waals surface area contributed by atoms with Gasteiger partial charge in [0.2, 0.25) is 23.6 Å². The lowest BCUT2D eigenvalue weighted by Crippen LogP contribution is -2.53. The van der Waals surface area contributed by atoms with Crippen molar-refractivity contribution in [3.63, 3.8) is 0 Å². The second-order valence-corrected chi connectivity index (χ2v) is 5.00. The van der Waals surface area contributed by atoms with Crippen LogP contribution >= 0.6 is 0 Å². The largest absolute Gasteiger partial charge is 0.497 e. The van der Waals surface area contributed by atoms with E-state index in [1.54, 1.807) is 31.4 Å². The van der Waals surface area contributed by atoms with E-state index < -0.39 is 17.7 Å². The summed E-state index contributed by atoms with van der Waals surface area (Å²) in [6.45, 7) is -0.324. The molecular formula is C15H17N3O5. The fourth-order valence-corrected chi connectivity index (χ4v) is 2.09. The molecule has 2 N–H and O–H groups in total. The molecule has 23 heavy (non-hydrogen) atoms. The second kappa shape index (κ2) is 7.39. The summed E-state index contributed by atoms with van der Waals surface area (Å²) in [6.07, 6.45) is -0.0975. The Bertz CT molecular complexity index is 611. The lowest BCUT2D eigenvalue weighted by molar-refractivity contribution is -0.145. The van der Waals surface area contributed by atoms with Gasteiger partial charge in [0.25, 0.3) is 0 Å². The number of nitrogens with one attached hydrogen (secondary N) is 2. The van der Waals surface area contributed by atoms with Crippen LogP contribution in [-0.2, 0) is 19.2 Å². The molecule has 0 saturated carbocycles. The third-order valence-corrected chi connectivity index (χ3v) is 3.24. The summed E-state index contributed by atoms with van der Waals surface area (Å²) >= 11 is 0. The zero-order valence-electron chi connectivity index (χ0n) is 12.6. The molecule has 1 saturated heterocycles. The van der Waals surface area contributed by atoms with Gasteiger partial charge in [-0.1, -0.05) is 0 Å². The third-order valence-electron chi connectivity index (χ3n) is 3.24. The number of nitrogens with zero attached hydrogens (tertiary/aromatic N) is 1. The van der Waals surface area contributed by atoms with E-state index in [9.17, 15) is 19.2 Å². The molecule has 1 heterocycles. The molecule has 0 aromatic heterocycles. The predicted octanol–water partition coefficient (Wildman–Crippen LogP) is -0.101. The van der Waals surface area contributed by atoms with Crippen molar-refractivity contribution in [2.45, 2.75) is 12.8 Å². The number of carbonyl (C=O) groups is 4. The van der Waals surface area contributed by atoms with Gasteiger partial charge in [0, 0.05) is 18.5 Å². The summed E-state index contributed by atoms with van der Waals surface area (Å²) in [7, 11) is 1.55. The predicted molar refractivity (Wildman–Crippen MR) is 80.6 cm³/mol. The SMILES string of the molecule is COc1ccc(NC(=O)CCC(=O)N2CC(=O)NC(=O)C2)cc1. The fraction of sp³-hybridized carbons (Fsp3) is 0.333. The molecular weight excluding hydrogens is 302 g/mol. The number of hydrogen-bond donors (Lipinski definition) is 2. The summed E-state index contributed by atoms with van der Waals surface area (Å²) < 4.78 is 5.01. The average molecular weight is 319 g/mol. The summed E-state index contributed by atoms with van der Waals surface area (Å²) in [4.78, 5) is 47.3. The summed E-state index contributed by atoms with van der Waals surface area (Å²) in [5, 5.41) is 4.77. The quantitative estimate of drug-likeness (QED) is 0.737. The van der Waals surface area contributed by atoms with Crippen LogP contribution in [0, 0.1) is 0 Å². The minimum absolute atomic E-state index is 0.0306. The number of ether oxygens (including phenoxy) is 1. The third kappa shape index (κ3) is 4.80. The Morgan fingerprint density at radius 1 is 1.13 bits per heavy atom. The Balaban J connectivity index is 1.80. The minimum atomic E-state index is -0.516. The van der Waals surface area contributed by atoms with Gasteiger partial charge in [0.15, 0.2) is 0 Å². The number of rotatable bonds is 5. The van der Waals surface area contributed by atoms with Gasteiger partial charge in [-0.05, 0) is 24.3 Å². The first-order chi connectivity index (χ1) is 11.0. The Morgan fingerprint density at radius 3 is 2.30 bits per heavy atom. The van der Waals surface area contributed by atoms with E-state index in [0.29, 0.717) is 11.4 Å². The Morgan fingerprint density at radius 2 is 1.74 bits per heavy atom. The van der Waals surface area contributed by atoms with E-state index in [2.05, 4.69) is 10.6 Å². The van der Waals surface area contributed by atoms with Crippen LogP contribution in [0.15, 0.2) is 24.3 Å². The number of anilines is 1. The highest BCUT2D eigenvalue weighted by atomic mass is 16.5. The van der Waals surface area contributed by atoms with Crippen molar-refractivity contribution in [1.29, 1.82) is 0 Å². The van der Waals surface area contributed by atoms with E-state index >= 15 is 0 Å². The molecule has 1 fully saturated rings. The molecule has 0 aliphatic carbocycles. The van der Waals surface area contributed by atoms with Crippen LogP contribution in [0.5, 0.6) is 5.75 Å². The van der Waals surface area contributed by atoms with Crippen molar-refractivity contribution in [3.8, 4) is 5.75 Å². The second-order valence-electron chi connectivity index (χ2n) is 5.00. The Hall–Kier alpha value is -2.90. The number of hydrogen-bond acceptors (Lipinski definition) is 5. The zero-order chi connectivity index (χ0) is 16.8. The molecule has 1 aromatic rings. The maximum Gasteiger partial charge on any atom is 0.246 e. The molecule has 8 nitrogen and oxygen atoms in total. The van der Waals surface area contributed by atoms with Crippen molar-refractivity contribution in [2.75, 3.05) is 25.5 Å². The summed E-state index contributed by atoms with van der Waals surface area (Å²) in [6, 6.07) is 6.79. The molecule has 0 bridgehead atoms. The van der Waals surface area contributed by atoms with E-state index in [1.165, 1.54) is 0 Å². The summed E-state index contributed by atoms with van der Waals surface area (Å²) in [5.41, 5.74) is 0.593. The molecule has 0 radical (unpaired) electrons. The van der Waals surface area contributed by atoms with Gasteiger partial charge in [-0.2, -0.15) is 0 Å². The standard InChI is InChI=1S/C15H17N3O5/c1-23-11-4-2-10(3-5-11)16-12(19)6-7-15(22)18-8-13(20)17-14(21)9-18/h2-5H,6-9H2,1H3,(H,16,19)(H,17,20,21). The highest BCUT2D eigenvalue weighted by Crippen LogP contribution is 2.15. The summed E-state index contributed by atoms with van der Waals surface area (Å²) in [5.74, 6) is -1.09. The van der Waals surface area contributed by atoms with Gasteiger partial charge < -0.3 is 15.0 Å². The molecule has 0 atom stereocenters. The van der Waals surface area contributed by atoms with Crippen molar-refractivity contribution < 1.29 is 23.9 Å². The van der Waals surface area contributed by atoms with Crippen molar-refractivity contribution in [1.82, 2.24) is 10.2 Å². The number of piperazine rings is 1. The minimum Gasteiger partial charge on any atom is -0.497 e. The number of benzene rings is 1. The van der Waals surface area contributed by atoms with E-state index in [4.69, 9.17) is 4.74 Å². The van der Waals surface area contributed by atoms with Crippen LogP contribution in [-0.4, -0.2) is 48.7 Å². The van der Waals surface area contributed by atoms with Gasteiger partial charge >= 0.3 is 0 Å². The molecule has 1 aliphatic rings. The zero-order valence-corrected chi connectivity index (χ0v) is 12.6. The molecule has 8 heteroatoms. The lowest BCUT2D eigenvalue weighted by atomic mass is 10.2. The topological polar surface area (TPSA) is 105 Å². The molecule has 1 aliphatic heterocycles. The monoisotopic (exact) mass is 319 g/mol. The maximum absolute atomic E-state index is 11.9. The number of carbonyl (C=O) groups excluding carboxylic acids is 4. The van der Waals surface area contributed by atoms with Crippen LogP contribution in [0.2, 0.25) is 0 Å². The maximum atomic E-state index is 11.9. The normalized spacial score (nSPS) is 14.2.